The first kappa shape index (κ1) is 18.5. The standard InChI is InChI=1S/C17H15ClN6O3/c18-12-2-1-11(23-17(27)14(25)5-19)4-13(12)24-16(26)10-3-9-6-20-8-22-15(9)21-7-10/h1-4,6,8H,5,7,19H2,(H,23,27)(H,24,26)(H,20,21,22). The number of Topliss-reactive ketones (excluding diaryl/α,β-unsaturated/α-hetero) is 1. The van der Waals surface area contributed by atoms with Gasteiger partial charge in [-0.25, -0.2) is 9.97 Å². The molecule has 0 aliphatic carbocycles. The van der Waals surface area contributed by atoms with Crippen LogP contribution in [0.5, 0.6) is 0 Å². The molecule has 0 unspecified atom stereocenters. The molecular weight excluding hydrogens is 372 g/mol. The molecule has 0 spiro atoms. The van der Waals surface area contributed by atoms with Crippen molar-refractivity contribution in [3.05, 3.63) is 46.9 Å². The van der Waals surface area contributed by atoms with Gasteiger partial charge in [-0.2, -0.15) is 0 Å². The van der Waals surface area contributed by atoms with Crippen LogP contribution >= 0.6 is 11.6 Å². The maximum Gasteiger partial charge on any atom is 0.293 e. The van der Waals surface area contributed by atoms with Crippen LogP contribution in [0.2, 0.25) is 5.02 Å². The Morgan fingerprint density at radius 3 is 2.85 bits per heavy atom. The van der Waals surface area contributed by atoms with Gasteiger partial charge in [0.2, 0.25) is 5.78 Å². The van der Waals surface area contributed by atoms with E-state index in [-0.39, 0.29) is 23.2 Å². The largest absolute Gasteiger partial charge is 0.365 e. The van der Waals surface area contributed by atoms with Gasteiger partial charge in [0, 0.05) is 29.6 Å². The molecule has 2 amide bonds. The van der Waals surface area contributed by atoms with Crippen LogP contribution in [-0.2, 0) is 14.4 Å². The number of carbonyl (C=O) groups is 3. The lowest BCUT2D eigenvalue weighted by Gasteiger charge is -2.17. The highest BCUT2D eigenvalue weighted by atomic mass is 35.5. The van der Waals surface area contributed by atoms with Crippen molar-refractivity contribution < 1.29 is 14.4 Å². The van der Waals surface area contributed by atoms with Crippen LogP contribution < -0.4 is 21.7 Å². The number of ketones is 1. The van der Waals surface area contributed by atoms with Crippen molar-refractivity contribution in [2.75, 3.05) is 29.0 Å². The van der Waals surface area contributed by atoms with Crippen LogP contribution in [0.25, 0.3) is 6.08 Å². The molecule has 2 aromatic rings. The lowest BCUT2D eigenvalue weighted by molar-refractivity contribution is -0.133. The van der Waals surface area contributed by atoms with Crippen molar-refractivity contribution in [3.63, 3.8) is 0 Å². The van der Waals surface area contributed by atoms with Gasteiger partial charge in [-0.3, -0.25) is 14.4 Å². The number of carbonyl (C=O) groups excluding carboxylic acids is 3. The van der Waals surface area contributed by atoms with Crippen LogP contribution in [0.3, 0.4) is 0 Å². The van der Waals surface area contributed by atoms with Gasteiger partial charge < -0.3 is 21.7 Å². The van der Waals surface area contributed by atoms with Crippen LogP contribution in [0.1, 0.15) is 5.56 Å². The quantitative estimate of drug-likeness (QED) is 0.563. The van der Waals surface area contributed by atoms with E-state index < -0.39 is 18.2 Å². The minimum absolute atomic E-state index is 0.277. The van der Waals surface area contributed by atoms with Crippen LogP contribution in [0.4, 0.5) is 17.2 Å². The van der Waals surface area contributed by atoms with Gasteiger partial charge in [0.25, 0.3) is 11.8 Å². The highest BCUT2D eigenvalue weighted by Gasteiger charge is 2.18. The molecule has 0 bridgehead atoms. The second-order valence-corrected chi connectivity index (χ2v) is 5.99. The predicted molar refractivity (Wildman–Crippen MR) is 101 cm³/mol. The van der Waals surface area contributed by atoms with Gasteiger partial charge in [-0.1, -0.05) is 11.6 Å². The Bertz CT molecular complexity index is 959. The molecular formula is C17H15ClN6O3. The zero-order valence-electron chi connectivity index (χ0n) is 14.0. The number of nitrogens with zero attached hydrogens (tertiary/aromatic N) is 2. The second-order valence-electron chi connectivity index (χ2n) is 5.58. The Hall–Kier alpha value is -3.30. The van der Waals surface area contributed by atoms with Gasteiger partial charge >= 0.3 is 0 Å². The summed E-state index contributed by atoms with van der Waals surface area (Å²) in [4.78, 5) is 43.5. The predicted octanol–water partition coefficient (Wildman–Crippen LogP) is 1.04. The normalized spacial score (nSPS) is 12.3. The molecule has 1 aromatic heterocycles. The van der Waals surface area contributed by atoms with Crippen molar-refractivity contribution in [1.82, 2.24) is 9.97 Å². The van der Waals surface area contributed by atoms with E-state index in [0.717, 1.165) is 0 Å². The molecule has 2 heterocycles. The smallest absolute Gasteiger partial charge is 0.293 e. The fraction of sp³-hybridized carbons (Fsp3) is 0.118. The van der Waals surface area contributed by atoms with Crippen LogP contribution in [-0.4, -0.2) is 40.7 Å². The molecule has 0 fully saturated rings. The van der Waals surface area contributed by atoms with E-state index in [2.05, 4.69) is 25.9 Å². The number of nitrogens with one attached hydrogen (secondary N) is 3. The zero-order valence-corrected chi connectivity index (χ0v) is 14.7. The molecule has 1 aromatic carbocycles. The van der Waals surface area contributed by atoms with Crippen molar-refractivity contribution in [1.29, 1.82) is 0 Å². The van der Waals surface area contributed by atoms with Crippen molar-refractivity contribution in [2.45, 2.75) is 0 Å². The monoisotopic (exact) mass is 386 g/mol. The number of rotatable bonds is 5. The summed E-state index contributed by atoms with van der Waals surface area (Å²) >= 11 is 6.12. The molecule has 0 atom stereocenters. The Labute approximate surface area is 159 Å². The van der Waals surface area contributed by atoms with Crippen molar-refractivity contribution in [2.24, 2.45) is 5.73 Å². The average molecular weight is 387 g/mol. The first-order chi connectivity index (χ1) is 13.0. The first-order valence-electron chi connectivity index (χ1n) is 7.87. The molecule has 10 heteroatoms. The summed E-state index contributed by atoms with van der Waals surface area (Å²) in [6.45, 7) is -0.107. The minimum Gasteiger partial charge on any atom is -0.365 e. The van der Waals surface area contributed by atoms with Crippen molar-refractivity contribution >= 4 is 52.5 Å². The topological polar surface area (TPSA) is 139 Å². The zero-order chi connectivity index (χ0) is 19.4. The first-order valence-corrected chi connectivity index (χ1v) is 8.25. The fourth-order valence-corrected chi connectivity index (χ4v) is 2.52. The van der Waals surface area contributed by atoms with E-state index in [1.54, 1.807) is 12.3 Å². The molecule has 0 radical (unpaired) electrons. The molecule has 1 aliphatic heterocycles. The Balaban J connectivity index is 1.76. The molecule has 0 saturated carbocycles. The molecule has 0 saturated heterocycles. The number of anilines is 3. The Kier molecular flexibility index (Phi) is 5.43. The highest BCUT2D eigenvalue weighted by Crippen LogP contribution is 2.27. The summed E-state index contributed by atoms with van der Waals surface area (Å²) < 4.78 is 0. The lowest BCUT2D eigenvalue weighted by Crippen LogP contribution is -2.29. The number of nitrogens with two attached hydrogens (primary N) is 1. The third-order valence-corrected chi connectivity index (χ3v) is 4.05. The third-order valence-electron chi connectivity index (χ3n) is 3.72. The number of aromatic nitrogens is 2. The van der Waals surface area contributed by atoms with Gasteiger partial charge in [-0.05, 0) is 24.3 Å². The van der Waals surface area contributed by atoms with Crippen LogP contribution in [0, 0.1) is 0 Å². The lowest BCUT2D eigenvalue weighted by atomic mass is 10.1. The molecule has 3 rings (SSSR count). The highest BCUT2D eigenvalue weighted by molar-refractivity contribution is 6.41. The summed E-state index contributed by atoms with van der Waals surface area (Å²) in [5.41, 5.74) is 6.90. The van der Waals surface area contributed by atoms with E-state index in [9.17, 15) is 14.4 Å². The van der Waals surface area contributed by atoms with Gasteiger partial charge in [0.15, 0.2) is 0 Å². The number of halogens is 1. The minimum atomic E-state index is -0.840. The van der Waals surface area contributed by atoms with E-state index in [1.165, 1.54) is 24.5 Å². The second kappa shape index (κ2) is 7.94. The SMILES string of the molecule is NCC(=O)C(=O)Nc1ccc(Cl)c(NC(=O)C2=Cc3cncnc3NC2)c1. The number of hydrogen-bond donors (Lipinski definition) is 4. The molecule has 27 heavy (non-hydrogen) atoms. The maximum atomic E-state index is 12.5. The van der Waals surface area contributed by atoms with Gasteiger partial charge in [-0.15, -0.1) is 0 Å². The maximum absolute atomic E-state index is 12.5. The average Bonchev–Trinajstić information content (AvgIpc) is 2.69. The van der Waals surface area contributed by atoms with Gasteiger partial charge in [0.05, 0.1) is 17.3 Å². The van der Waals surface area contributed by atoms with E-state index in [4.69, 9.17) is 17.3 Å². The third kappa shape index (κ3) is 4.27. The number of amides is 2. The summed E-state index contributed by atoms with van der Waals surface area (Å²) in [5.74, 6) is -1.32. The summed E-state index contributed by atoms with van der Waals surface area (Å²) in [6.07, 6.45) is 4.69. The molecule has 5 N–H and O–H groups in total. The number of benzene rings is 1. The summed E-state index contributed by atoms with van der Waals surface area (Å²) in [5, 5.41) is 8.40. The summed E-state index contributed by atoms with van der Waals surface area (Å²) in [6, 6.07) is 4.46. The Morgan fingerprint density at radius 1 is 1.26 bits per heavy atom. The molecule has 9 nitrogen and oxygen atoms in total. The van der Waals surface area contributed by atoms with Crippen molar-refractivity contribution in [3.8, 4) is 0 Å². The summed E-state index contributed by atoms with van der Waals surface area (Å²) in [7, 11) is 0. The number of fused-ring (bicyclic) bond motifs is 1. The Morgan fingerprint density at radius 2 is 2.07 bits per heavy atom. The van der Waals surface area contributed by atoms with Gasteiger partial charge in [0.1, 0.15) is 12.1 Å². The van der Waals surface area contributed by atoms with Crippen LogP contribution in [0.15, 0.2) is 36.3 Å². The number of hydrogen-bond acceptors (Lipinski definition) is 7. The molecule has 1 aliphatic rings. The molecule has 138 valence electrons. The van der Waals surface area contributed by atoms with E-state index >= 15 is 0 Å². The fourth-order valence-electron chi connectivity index (χ4n) is 2.35. The van der Waals surface area contributed by atoms with E-state index in [1.807, 2.05) is 0 Å². The van der Waals surface area contributed by atoms with E-state index in [0.29, 0.717) is 22.6 Å².